The van der Waals surface area contributed by atoms with Crippen LogP contribution in [0.1, 0.15) is 6.92 Å². The van der Waals surface area contributed by atoms with E-state index >= 15 is 0 Å². The van der Waals surface area contributed by atoms with Gasteiger partial charge in [0.15, 0.2) is 6.19 Å². The quantitative estimate of drug-likeness (QED) is 0.444. The Balaban J connectivity index is 2.48. The molecule has 1 aliphatic heterocycles. The Kier molecular flexibility index (Phi) is 3.68. The molecule has 2 N–H and O–H groups in total. The zero-order valence-corrected chi connectivity index (χ0v) is 7.54. The zero-order chi connectivity index (χ0) is 9.68. The maximum atomic E-state index is 11.3. The van der Waals surface area contributed by atoms with Crippen molar-refractivity contribution in [2.75, 3.05) is 19.8 Å². The molecule has 0 aliphatic carbocycles. The highest BCUT2D eigenvalue weighted by atomic mass is 16.5. The first-order valence-electron chi connectivity index (χ1n) is 4.29. The molecule has 1 fully saturated rings. The average molecular weight is 183 g/mol. The smallest absolute Gasteiger partial charge is 0.240 e. The van der Waals surface area contributed by atoms with Crippen LogP contribution in [0.25, 0.3) is 0 Å². The molecule has 0 aromatic heterocycles. The van der Waals surface area contributed by atoms with Crippen LogP contribution in [0.2, 0.25) is 0 Å². The summed E-state index contributed by atoms with van der Waals surface area (Å²) < 4.78 is 5.16. The van der Waals surface area contributed by atoms with Crippen molar-refractivity contribution in [2.45, 2.75) is 13.0 Å². The van der Waals surface area contributed by atoms with E-state index in [0.29, 0.717) is 13.2 Å². The van der Waals surface area contributed by atoms with Crippen molar-refractivity contribution in [3.05, 3.63) is 0 Å². The number of ether oxygens (including phenoxy) is 1. The first-order valence-corrected chi connectivity index (χ1v) is 4.29. The summed E-state index contributed by atoms with van der Waals surface area (Å²) in [6.07, 6.45) is 1.62. The lowest BCUT2D eigenvalue weighted by Gasteiger charge is -2.15. The van der Waals surface area contributed by atoms with Gasteiger partial charge in [0.2, 0.25) is 5.91 Å². The summed E-state index contributed by atoms with van der Waals surface area (Å²) in [6.45, 7) is 3.70. The molecule has 0 aromatic rings. The number of amides is 1. The predicted molar refractivity (Wildman–Crippen MR) is 45.5 cm³/mol. The summed E-state index contributed by atoms with van der Waals surface area (Å²) in [7, 11) is 0. The van der Waals surface area contributed by atoms with Gasteiger partial charge >= 0.3 is 0 Å². The van der Waals surface area contributed by atoms with Gasteiger partial charge in [-0.25, -0.2) is 0 Å². The van der Waals surface area contributed by atoms with Gasteiger partial charge in [-0.15, -0.1) is 0 Å². The maximum Gasteiger partial charge on any atom is 0.240 e. The molecule has 0 radical (unpaired) electrons. The fourth-order valence-electron chi connectivity index (χ4n) is 1.42. The molecule has 0 saturated carbocycles. The van der Waals surface area contributed by atoms with Crippen LogP contribution in [0.4, 0.5) is 0 Å². The van der Waals surface area contributed by atoms with Crippen LogP contribution in [0.3, 0.4) is 0 Å². The van der Waals surface area contributed by atoms with Crippen molar-refractivity contribution in [1.29, 1.82) is 5.26 Å². The monoisotopic (exact) mass is 183 g/mol. The number of carbonyl (C=O) groups excluding carboxylic acids is 1. The molecule has 1 saturated heterocycles. The SMILES string of the molecule is CCNC1COCC1C(=O)NC#N. The molecule has 5 heteroatoms. The number of hydrogen-bond donors (Lipinski definition) is 2. The van der Waals surface area contributed by atoms with Crippen LogP contribution in [0, 0.1) is 17.4 Å². The minimum Gasteiger partial charge on any atom is -0.379 e. The molecule has 0 bridgehead atoms. The molecule has 1 amide bonds. The lowest BCUT2D eigenvalue weighted by atomic mass is 10.0. The van der Waals surface area contributed by atoms with Crippen LogP contribution in [0.15, 0.2) is 0 Å². The topological polar surface area (TPSA) is 74.2 Å². The third-order valence-corrected chi connectivity index (χ3v) is 2.06. The second kappa shape index (κ2) is 4.80. The fraction of sp³-hybridized carbons (Fsp3) is 0.750. The third-order valence-electron chi connectivity index (χ3n) is 2.06. The summed E-state index contributed by atoms with van der Waals surface area (Å²) >= 11 is 0. The van der Waals surface area contributed by atoms with Crippen molar-refractivity contribution in [3.63, 3.8) is 0 Å². The van der Waals surface area contributed by atoms with Crippen molar-refractivity contribution < 1.29 is 9.53 Å². The average Bonchev–Trinajstić information content (AvgIpc) is 2.54. The molecular formula is C8H13N3O2. The van der Waals surface area contributed by atoms with Gasteiger partial charge in [0.1, 0.15) is 0 Å². The molecule has 1 heterocycles. The van der Waals surface area contributed by atoms with Crippen LogP contribution in [-0.2, 0) is 9.53 Å². The largest absolute Gasteiger partial charge is 0.379 e. The minimum absolute atomic E-state index is 0.0401. The van der Waals surface area contributed by atoms with E-state index in [9.17, 15) is 4.79 Å². The van der Waals surface area contributed by atoms with Crippen LogP contribution in [0.5, 0.6) is 0 Å². The van der Waals surface area contributed by atoms with Gasteiger partial charge in [0, 0.05) is 6.04 Å². The molecule has 13 heavy (non-hydrogen) atoms. The fourth-order valence-corrected chi connectivity index (χ4v) is 1.42. The van der Waals surface area contributed by atoms with Crippen molar-refractivity contribution >= 4 is 5.91 Å². The first-order chi connectivity index (χ1) is 6.29. The number of carbonyl (C=O) groups is 1. The number of hydrogen-bond acceptors (Lipinski definition) is 4. The van der Waals surface area contributed by atoms with E-state index in [-0.39, 0.29) is 17.9 Å². The Hall–Kier alpha value is -1.12. The normalized spacial score (nSPS) is 26.8. The molecule has 1 aliphatic rings. The lowest BCUT2D eigenvalue weighted by molar-refractivity contribution is -0.124. The van der Waals surface area contributed by atoms with Crippen LogP contribution in [-0.4, -0.2) is 31.7 Å². The van der Waals surface area contributed by atoms with Crippen LogP contribution >= 0.6 is 0 Å². The van der Waals surface area contributed by atoms with E-state index in [4.69, 9.17) is 10.00 Å². The minimum atomic E-state index is -0.258. The second-order valence-electron chi connectivity index (χ2n) is 2.91. The Labute approximate surface area is 77.1 Å². The Morgan fingerprint density at radius 2 is 2.46 bits per heavy atom. The number of nitriles is 1. The van der Waals surface area contributed by atoms with Gasteiger partial charge in [-0.1, -0.05) is 6.92 Å². The van der Waals surface area contributed by atoms with Gasteiger partial charge in [-0.3, -0.25) is 10.1 Å². The van der Waals surface area contributed by atoms with Crippen molar-refractivity contribution in [1.82, 2.24) is 10.6 Å². The second-order valence-corrected chi connectivity index (χ2v) is 2.91. The van der Waals surface area contributed by atoms with Gasteiger partial charge in [-0.2, -0.15) is 5.26 Å². The molecule has 2 unspecified atom stereocenters. The van der Waals surface area contributed by atoms with E-state index in [2.05, 4.69) is 10.6 Å². The Bertz CT molecular complexity index is 224. The van der Waals surface area contributed by atoms with Gasteiger partial charge in [-0.05, 0) is 6.54 Å². The van der Waals surface area contributed by atoms with E-state index in [1.54, 1.807) is 6.19 Å². The summed E-state index contributed by atoms with van der Waals surface area (Å²) in [4.78, 5) is 11.3. The summed E-state index contributed by atoms with van der Waals surface area (Å²) in [5, 5.41) is 13.5. The molecule has 1 rings (SSSR count). The van der Waals surface area contributed by atoms with Crippen molar-refractivity contribution in [2.24, 2.45) is 5.92 Å². The molecule has 5 nitrogen and oxygen atoms in total. The van der Waals surface area contributed by atoms with E-state index in [1.165, 1.54) is 0 Å². The Morgan fingerprint density at radius 1 is 1.69 bits per heavy atom. The number of rotatable bonds is 3. The van der Waals surface area contributed by atoms with Gasteiger partial charge in [0.05, 0.1) is 19.1 Å². The lowest BCUT2D eigenvalue weighted by Crippen LogP contribution is -2.42. The van der Waals surface area contributed by atoms with Gasteiger partial charge < -0.3 is 10.1 Å². The van der Waals surface area contributed by atoms with Crippen molar-refractivity contribution in [3.8, 4) is 6.19 Å². The summed E-state index contributed by atoms with van der Waals surface area (Å²) in [5.74, 6) is -0.495. The molecular weight excluding hydrogens is 170 g/mol. The van der Waals surface area contributed by atoms with E-state index < -0.39 is 0 Å². The molecule has 0 aromatic carbocycles. The number of nitrogens with zero attached hydrogens (tertiary/aromatic N) is 1. The van der Waals surface area contributed by atoms with Crippen LogP contribution < -0.4 is 10.6 Å². The van der Waals surface area contributed by atoms with Gasteiger partial charge in [0.25, 0.3) is 0 Å². The highest BCUT2D eigenvalue weighted by molar-refractivity contribution is 5.81. The third kappa shape index (κ3) is 2.41. The number of nitrogens with one attached hydrogen (secondary N) is 2. The van der Waals surface area contributed by atoms with E-state index in [1.807, 2.05) is 6.92 Å². The first kappa shape index (κ1) is 9.96. The Morgan fingerprint density at radius 3 is 3.08 bits per heavy atom. The summed E-state index contributed by atoms with van der Waals surface area (Å²) in [5.41, 5.74) is 0. The highest BCUT2D eigenvalue weighted by Gasteiger charge is 2.33. The molecule has 0 spiro atoms. The zero-order valence-electron chi connectivity index (χ0n) is 7.54. The highest BCUT2D eigenvalue weighted by Crippen LogP contribution is 2.13. The number of likely N-dealkylation sites (N-methyl/N-ethyl adjacent to an activating group) is 1. The molecule has 2 atom stereocenters. The standard InChI is InChI=1S/C8H13N3O2/c1-2-10-7-4-13-3-6(7)8(12)11-5-9/h6-7,10H,2-4H2,1H3,(H,11,12). The van der Waals surface area contributed by atoms with E-state index in [0.717, 1.165) is 6.54 Å². The summed E-state index contributed by atoms with van der Waals surface area (Å²) in [6, 6.07) is 0.0401. The molecule has 72 valence electrons. The maximum absolute atomic E-state index is 11.3. The predicted octanol–water partition coefficient (Wildman–Crippen LogP) is -0.792.